The highest BCUT2D eigenvalue weighted by molar-refractivity contribution is 7.22. The van der Waals surface area contributed by atoms with E-state index in [4.69, 9.17) is 27.9 Å². The van der Waals surface area contributed by atoms with Gasteiger partial charge in [-0.15, -0.1) is 0 Å². The average Bonchev–Trinajstić information content (AvgIpc) is 3.36. The van der Waals surface area contributed by atoms with Crippen molar-refractivity contribution in [1.29, 1.82) is 0 Å². The number of thiazole rings is 1. The molecule has 4 rings (SSSR count). The molecular formula is C23H24Cl2F2N4O2S. The zero-order valence-corrected chi connectivity index (χ0v) is 21.0. The van der Waals surface area contributed by atoms with Crippen LogP contribution in [0.15, 0.2) is 24.3 Å². The van der Waals surface area contributed by atoms with Gasteiger partial charge in [0.25, 0.3) is 0 Å². The minimum atomic E-state index is -0.808. The van der Waals surface area contributed by atoms with Gasteiger partial charge in [-0.05, 0) is 51.9 Å². The number of likely N-dealkylation sites (tertiary alicyclic amines) is 1. The van der Waals surface area contributed by atoms with Gasteiger partial charge in [0.15, 0.2) is 16.7 Å². The summed E-state index contributed by atoms with van der Waals surface area (Å²) in [5.41, 5.74) is 0.613. The Hall–Kier alpha value is -2.20. The van der Waals surface area contributed by atoms with Crippen molar-refractivity contribution in [3.05, 3.63) is 51.5 Å². The van der Waals surface area contributed by atoms with Crippen LogP contribution in [-0.2, 0) is 0 Å². The highest BCUT2D eigenvalue weighted by Crippen LogP contribution is 2.37. The van der Waals surface area contributed by atoms with Crippen molar-refractivity contribution in [2.45, 2.75) is 38.3 Å². The summed E-state index contributed by atoms with van der Waals surface area (Å²) in [5.74, 6) is -1.35. The number of rotatable bonds is 7. The molecule has 0 radical (unpaired) electrons. The van der Waals surface area contributed by atoms with E-state index in [0.717, 1.165) is 25.5 Å². The molecule has 6 nitrogen and oxygen atoms in total. The second-order valence-corrected chi connectivity index (χ2v) is 10.0. The Morgan fingerprint density at radius 3 is 2.85 bits per heavy atom. The first kappa shape index (κ1) is 24.9. The van der Waals surface area contributed by atoms with Gasteiger partial charge in [0.05, 0.1) is 15.2 Å². The van der Waals surface area contributed by atoms with Crippen LogP contribution < -0.4 is 15.4 Å². The lowest BCUT2D eigenvalue weighted by Crippen LogP contribution is -2.34. The minimum absolute atomic E-state index is 0.0586. The first-order valence-corrected chi connectivity index (χ1v) is 12.5. The second-order valence-electron chi connectivity index (χ2n) is 8.23. The van der Waals surface area contributed by atoms with Gasteiger partial charge >= 0.3 is 6.03 Å². The maximum Gasteiger partial charge on any atom is 0.321 e. The first-order valence-electron chi connectivity index (χ1n) is 10.9. The number of ether oxygens (including phenoxy) is 1. The van der Waals surface area contributed by atoms with Crippen molar-refractivity contribution in [2.75, 3.05) is 25.5 Å². The number of hydrogen-bond donors (Lipinski definition) is 2. The third-order valence-corrected chi connectivity index (χ3v) is 7.53. The molecule has 0 saturated carbocycles. The molecule has 1 saturated heterocycles. The Balaban J connectivity index is 1.42. The molecular weight excluding hydrogens is 505 g/mol. The van der Waals surface area contributed by atoms with E-state index in [2.05, 4.69) is 27.6 Å². The fraction of sp³-hybridized carbons (Fsp3) is 0.391. The van der Waals surface area contributed by atoms with Gasteiger partial charge in [0, 0.05) is 35.3 Å². The maximum atomic E-state index is 14.7. The number of nitrogens with zero attached hydrogens (tertiary/aromatic N) is 2. The average molecular weight is 529 g/mol. The van der Waals surface area contributed by atoms with Crippen molar-refractivity contribution >= 4 is 55.9 Å². The molecule has 1 aliphatic rings. The van der Waals surface area contributed by atoms with E-state index in [1.807, 2.05) is 0 Å². The van der Waals surface area contributed by atoms with E-state index in [0.29, 0.717) is 27.9 Å². The second kappa shape index (κ2) is 10.6. The van der Waals surface area contributed by atoms with Crippen LogP contribution in [0.3, 0.4) is 0 Å². The molecule has 2 unspecified atom stereocenters. The molecule has 2 heterocycles. The number of halogens is 4. The highest BCUT2D eigenvalue weighted by atomic mass is 35.5. The Morgan fingerprint density at radius 2 is 2.12 bits per heavy atom. The predicted octanol–water partition coefficient (Wildman–Crippen LogP) is 6.63. The molecule has 3 aromatic rings. The molecule has 182 valence electrons. The third kappa shape index (κ3) is 5.54. The summed E-state index contributed by atoms with van der Waals surface area (Å²) in [6.45, 7) is 3.25. The Kier molecular flexibility index (Phi) is 7.77. The molecule has 0 aliphatic carbocycles. The fourth-order valence-electron chi connectivity index (χ4n) is 4.08. The fourth-order valence-corrected chi connectivity index (χ4v) is 5.62. The minimum Gasteiger partial charge on any atom is -0.483 e. The number of benzene rings is 2. The van der Waals surface area contributed by atoms with Gasteiger partial charge in [0.1, 0.15) is 11.9 Å². The Labute approximate surface area is 210 Å². The third-order valence-electron chi connectivity index (χ3n) is 5.89. The lowest BCUT2D eigenvalue weighted by molar-refractivity contribution is 0.216. The van der Waals surface area contributed by atoms with Gasteiger partial charge < -0.3 is 15.0 Å². The summed E-state index contributed by atoms with van der Waals surface area (Å²) < 4.78 is 34.9. The van der Waals surface area contributed by atoms with E-state index < -0.39 is 17.7 Å². The molecule has 2 aromatic carbocycles. The van der Waals surface area contributed by atoms with Gasteiger partial charge in [-0.2, -0.15) is 0 Å². The molecule has 11 heteroatoms. The summed E-state index contributed by atoms with van der Waals surface area (Å²) in [7, 11) is 2.10. The van der Waals surface area contributed by atoms with Gasteiger partial charge in [-0.1, -0.05) is 34.5 Å². The maximum absolute atomic E-state index is 14.7. The smallest absolute Gasteiger partial charge is 0.321 e. The number of hydrogen-bond acceptors (Lipinski definition) is 5. The van der Waals surface area contributed by atoms with Crippen molar-refractivity contribution in [3.8, 4) is 5.75 Å². The summed E-state index contributed by atoms with van der Waals surface area (Å²) in [4.78, 5) is 18.8. The molecule has 0 spiro atoms. The number of aromatic nitrogens is 1. The van der Waals surface area contributed by atoms with Crippen LogP contribution in [-0.4, -0.2) is 42.1 Å². The Bertz CT molecular complexity index is 1210. The number of amides is 2. The van der Waals surface area contributed by atoms with Crippen LogP contribution in [0.4, 0.5) is 18.7 Å². The van der Waals surface area contributed by atoms with Gasteiger partial charge in [-0.25, -0.2) is 18.6 Å². The van der Waals surface area contributed by atoms with E-state index in [9.17, 15) is 13.6 Å². The number of nitrogens with one attached hydrogen (secondary N) is 2. The Morgan fingerprint density at radius 1 is 1.32 bits per heavy atom. The SMILES string of the molecule is CC(Oc1cc2sc(NC(=O)NCCC3CCCN3C)nc2cc1F)c1c(Cl)ccc(F)c1Cl. The van der Waals surface area contributed by atoms with Crippen LogP contribution in [0.5, 0.6) is 5.75 Å². The number of carbonyl (C=O) groups is 1. The first-order chi connectivity index (χ1) is 16.2. The van der Waals surface area contributed by atoms with Crippen molar-refractivity contribution < 1.29 is 18.3 Å². The summed E-state index contributed by atoms with van der Waals surface area (Å²) in [5, 5.41) is 5.93. The number of carbonyl (C=O) groups excluding carboxylic acids is 1. The molecule has 2 amide bonds. The largest absolute Gasteiger partial charge is 0.483 e. The molecule has 1 aromatic heterocycles. The van der Waals surface area contributed by atoms with Gasteiger partial charge in [-0.3, -0.25) is 5.32 Å². The summed E-state index contributed by atoms with van der Waals surface area (Å²) in [6.07, 6.45) is 2.40. The lowest BCUT2D eigenvalue weighted by atomic mass is 10.1. The van der Waals surface area contributed by atoms with Crippen molar-refractivity contribution in [1.82, 2.24) is 15.2 Å². The molecule has 34 heavy (non-hydrogen) atoms. The highest BCUT2D eigenvalue weighted by Gasteiger charge is 2.22. The summed E-state index contributed by atoms with van der Waals surface area (Å²) >= 11 is 13.4. The van der Waals surface area contributed by atoms with Crippen LogP contribution in [0.1, 0.15) is 37.9 Å². The van der Waals surface area contributed by atoms with E-state index in [-0.39, 0.29) is 27.4 Å². The normalized spacial score (nSPS) is 17.2. The monoisotopic (exact) mass is 528 g/mol. The van der Waals surface area contributed by atoms with E-state index >= 15 is 0 Å². The van der Waals surface area contributed by atoms with Crippen molar-refractivity contribution in [2.24, 2.45) is 0 Å². The van der Waals surface area contributed by atoms with Gasteiger partial charge in [0.2, 0.25) is 0 Å². The molecule has 1 aliphatic heterocycles. The lowest BCUT2D eigenvalue weighted by Gasteiger charge is -2.19. The zero-order chi connectivity index (χ0) is 24.4. The van der Waals surface area contributed by atoms with Crippen molar-refractivity contribution in [3.63, 3.8) is 0 Å². The quantitative estimate of drug-likeness (QED) is 0.338. The standard InChI is InChI=1S/C23H24Cl2F2N4O2S/c1-12(20-14(24)5-6-15(26)21(20)25)33-18-11-19-17(10-16(18)27)29-23(34-19)30-22(32)28-8-7-13-4-3-9-31(13)2/h5-6,10-13H,3-4,7-9H2,1-2H3,(H2,28,29,30,32). The van der Waals surface area contributed by atoms with Crippen LogP contribution >= 0.6 is 34.5 Å². The van der Waals surface area contributed by atoms with E-state index in [1.165, 1.54) is 36.0 Å². The van der Waals surface area contributed by atoms with Crippen LogP contribution in [0, 0.1) is 11.6 Å². The van der Waals surface area contributed by atoms with Crippen LogP contribution in [0.25, 0.3) is 10.2 Å². The number of anilines is 1. The molecule has 2 atom stereocenters. The number of urea groups is 1. The molecule has 1 fully saturated rings. The molecule has 2 N–H and O–H groups in total. The summed E-state index contributed by atoms with van der Waals surface area (Å²) in [6, 6.07) is 5.36. The number of fused-ring (bicyclic) bond motifs is 1. The molecule has 0 bridgehead atoms. The van der Waals surface area contributed by atoms with E-state index in [1.54, 1.807) is 6.92 Å². The predicted molar refractivity (Wildman–Crippen MR) is 132 cm³/mol. The topological polar surface area (TPSA) is 66.5 Å². The zero-order valence-electron chi connectivity index (χ0n) is 18.6. The van der Waals surface area contributed by atoms with Crippen LogP contribution in [0.2, 0.25) is 10.0 Å².